The van der Waals surface area contributed by atoms with E-state index >= 15 is 0 Å². The lowest BCUT2D eigenvalue weighted by atomic mass is 10.2. The normalized spacial score (nSPS) is 11.5. The fraction of sp³-hybridized carbons (Fsp3) is 0.333. The molecule has 0 aliphatic heterocycles. The summed E-state index contributed by atoms with van der Waals surface area (Å²) in [5.41, 5.74) is 0.891. The molecule has 0 atom stereocenters. The predicted octanol–water partition coefficient (Wildman–Crippen LogP) is 3.13. The van der Waals surface area contributed by atoms with E-state index in [1.54, 1.807) is 36.2 Å². The van der Waals surface area contributed by atoms with Crippen LogP contribution in [0.3, 0.4) is 0 Å². The maximum Gasteiger partial charge on any atom is 0.191 e. The molecule has 0 spiro atoms. The van der Waals surface area contributed by atoms with Gasteiger partial charge in [0.05, 0.1) is 0 Å². The second-order valence-electron chi connectivity index (χ2n) is 4.48. The van der Waals surface area contributed by atoms with Crippen molar-refractivity contribution in [1.82, 2.24) is 15.6 Å². The molecule has 2 aromatic rings. The minimum atomic E-state index is -0.221. The quantitative estimate of drug-likeness (QED) is 0.352. The first-order valence-corrected chi connectivity index (χ1v) is 8.85. The van der Waals surface area contributed by atoms with E-state index in [1.807, 2.05) is 17.6 Å². The Morgan fingerprint density at radius 1 is 1.41 bits per heavy atom. The van der Waals surface area contributed by atoms with Gasteiger partial charge in [0.25, 0.3) is 0 Å². The topological polar surface area (TPSA) is 49.3 Å². The molecule has 1 aromatic carbocycles. The Morgan fingerprint density at radius 2 is 2.32 bits per heavy atom. The van der Waals surface area contributed by atoms with Crippen molar-refractivity contribution in [2.24, 2.45) is 4.99 Å². The molecular formula is C15H19FN4S2. The van der Waals surface area contributed by atoms with Crippen LogP contribution >= 0.6 is 23.1 Å². The molecule has 7 heteroatoms. The van der Waals surface area contributed by atoms with E-state index in [-0.39, 0.29) is 5.82 Å². The molecule has 2 rings (SSSR count). The summed E-state index contributed by atoms with van der Waals surface area (Å²) in [4.78, 5) is 8.39. The summed E-state index contributed by atoms with van der Waals surface area (Å²) in [6, 6.07) is 6.55. The summed E-state index contributed by atoms with van der Waals surface area (Å²) in [5.74, 6) is 1.52. The maximum atomic E-state index is 13.1. The largest absolute Gasteiger partial charge is 0.356 e. The lowest BCUT2D eigenvalue weighted by molar-refractivity contribution is 0.624. The standard InChI is InChI=1S/C15H19FN4S2/c1-17-14(20-11-12-4-2-5-13(16)10-12)18-6-3-8-21-15-19-7-9-22-15/h2,4-5,7,9-10H,3,6,8,11H2,1H3,(H2,17,18,20). The maximum absolute atomic E-state index is 13.1. The summed E-state index contributed by atoms with van der Waals surface area (Å²) in [5, 5.41) is 8.41. The SMILES string of the molecule is CN=C(NCCCSc1nccs1)NCc1cccc(F)c1. The number of hydrogen-bond acceptors (Lipinski definition) is 4. The van der Waals surface area contributed by atoms with Crippen molar-refractivity contribution in [3.8, 4) is 0 Å². The Hall–Kier alpha value is -1.60. The smallest absolute Gasteiger partial charge is 0.191 e. The Morgan fingerprint density at radius 3 is 3.05 bits per heavy atom. The van der Waals surface area contributed by atoms with E-state index in [1.165, 1.54) is 12.1 Å². The number of benzene rings is 1. The van der Waals surface area contributed by atoms with Crippen LogP contribution in [-0.4, -0.2) is 30.3 Å². The molecule has 2 N–H and O–H groups in total. The van der Waals surface area contributed by atoms with Crippen molar-refractivity contribution in [2.75, 3.05) is 19.3 Å². The van der Waals surface area contributed by atoms with Gasteiger partial charge >= 0.3 is 0 Å². The van der Waals surface area contributed by atoms with Gasteiger partial charge in [-0.3, -0.25) is 4.99 Å². The van der Waals surface area contributed by atoms with E-state index in [9.17, 15) is 4.39 Å². The van der Waals surface area contributed by atoms with E-state index in [2.05, 4.69) is 20.6 Å². The zero-order chi connectivity index (χ0) is 15.6. The van der Waals surface area contributed by atoms with Crippen LogP contribution in [-0.2, 0) is 6.54 Å². The number of aromatic nitrogens is 1. The fourth-order valence-electron chi connectivity index (χ4n) is 1.77. The molecule has 0 aliphatic carbocycles. The highest BCUT2D eigenvalue weighted by atomic mass is 32.2. The fourth-order valence-corrected chi connectivity index (χ4v) is 3.42. The molecule has 0 bridgehead atoms. The zero-order valence-electron chi connectivity index (χ0n) is 12.4. The molecule has 1 aromatic heterocycles. The number of hydrogen-bond donors (Lipinski definition) is 2. The van der Waals surface area contributed by atoms with Gasteiger partial charge in [0.2, 0.25) is 0 Å². The van der Waals surface area contributed by atoms with Crippen molar-refractivity contribution < 1.29 is 4.39 Å². The molecule has 4 nitrogen and oxygen atoms in total. The van der Waals surface area contributed by atoms with Gasteiger partial charge in [0.1, 0.15) is 10.2 Å². The Balaban J connectivity index is 1.63. The number of thiazole rings is 1. The van der Waals surface area contributed by atoms with E-state index in [0.29, 0.717) is 6.54 Å². The van der Waals surface area contributed by atoms with Crippen molar-refractivity contribution in [2.45, 2.75) is 17.3 Å². The highest BCUT2D eigenvalue weighted by Crippen LogP contribution is 2.20. The third kappa shape index (κ3) is 6.03. The van der Waals surface area contributed by atoms with Crippen LogP contribution in [0, 0.1) is 5.82 Å². The second kappa shape index (κ2) is 9.42. The first-order chi connectivity index (χ1) is 10.8. The summed E-state index contributed by atoms with van der Waals surface area (Å²) in [6.45, 7) is 1.38. The lowest BCUT2D eigenvalue weighted by Crippen LogP contribution is -2.37. The summed E-state index contributed by atoms with van der Waals surface area (Å²) in [6.07, 6.45) is 2.84. The molecular weight excluding hydrogens is 319 g/mol. The third-order valence-corrected chi connectivity index (χ3v) is 4.87. The minimum Gasteiger partial charge on any atom is -0.356 e. The first-order valence-electron chi connectivity index (χ1n) is 6.99. The van der Waals surface area contributed by atoms with Gasteiger partial charge in [-0.15, -0.1) is 11.3 Å². The monoisotopic (exact) mass is 338 g/mol. The van der Waals surface area contributed by atoms with Gasteiger partial charge < -0.3 is 10.6 Å². The number of halogens is 1. The average Bonchev–Trinajstić information content (AvgIpc) is 3.03. The van der Waals surface area contributed by atoms with Gasteiger partial charge in [-0.1, -0.05) is 23.9 Å². The highest BCUT2D eigenvalue weighted by molar-refractivity contribution is 8.00. The number of thioether (sulfide) groups is 1. The number of guanidine groups is 1. The Kier molecular flexibility index (Phi) is 7.18. The summed E-state index contributed by atoms with van der Waals surface area (Å²) >= 11 is 3.43. The minimum absolute atomic E-state index is 0.221. The van der Waals surface area contributed by atoms with Crippen molar-refractivity contribution in [1.29, 1.82) is 0 Å². The molecule has 0 unspecified atom stereocenters. The molecule has 0 amide bonds. The number of rotatable bonds is 7. The van der Waals surface area contributed by atoms with Crippen molar-refractivity contribution in [3.05, 3.63) is 47.2 Å². The Bertz CT molecular complexity index is 587. The predicted molar refractivity (Wildman–Crippen MR) is 92.1 cm³/mol. The molecule has 0 saturated carbocycles. The summed E-state index contributed by atoms with van der Waals surface area (Å²) < 4.78 is 14.2. The van der Waals surface area contributed by atoms with Gasteiger partial charge in [-0.2, -0.15) is 0 Å². The van der Waals surface area contributed by atoms with Gasteiger partial charge in [0, 0.05) is 37.5 Å². The number of nitrogens with one attached hydrogen (secondary N) is 2. The zero-order valence-corrected chi connectivity index (χ0v) is 14.0. The molecule has 0 saturated heterocycles. The van der Waals surface area contributed by atoms with Crippen LogP contribution < -0.4 is 10.6 Å². The van der Waals surface area contributed by atoms with Gasteiger partial charge in [0.15, 0.2) is 5.96 Å². The summed E-state index contributed by atoms with van der Waals surface area (Å²) in [7, 11) is 1.73. The average molecular weight is 338 g/mol. The molecule has 0 aliphatic rings. The molecule has 22 heavy (non-hydrogen) atoms. The van der Waals surface area contributed by atoms with Gasteiger partial charge in [-0.05, 0) is 24.1 Å². The van der Waals surface area contributed by atoms with Crippen LogP contribution in [0.2, 0.25) is 0 Å². The van der Waals surface area contributed by atoms with E-state index in [4.69, 9.17) is 0 Å². The van der Waals surface area contributed by atoms with Crippen LogP contribution in [0.1, 0.15) is 12.0 Å². The number of nitrogens with zero attached hydrogens (tertiary/aromatic N) is 2. The second-order valence-corrected chi connectivity index (χ2v) is 6.72. The lowest BCUT2D eigenvalue weighted by Gasteiger charge is -2.11. The third-order valence-electron chi connectivity index (χ3n) is 2.82. The first kappa shape index (κ1) is 16.8. The highest BCUT2D eigenvalue weighted by Gasteiger charge is 2.00. The molecule has 0 radical (unpaired) electrons. The van der Waals surface area contributed by atoms with Gasteiger partial charge in [-0.25, -0.2) is 9.37 Å². The van der Waals surface area contributed by atoms with Crippen LogP contribution in [0.5, 0.6) is 0 Å². The molecule has 1 heterocycles. The molecule has 118 valence electrons. The number of aliphatic imine (C=N–C) groups is 1. The van der Waals surface area contributed by atoms with E-state index < -0.39 is 0 Å². The molecule has 0 fully saturated rings. The Labute approximate surface area is 138 Å². The van der Waals surface area contributed by atoms with Crippen molar-refractivity contribution >= 4 is 29.1 Å². The van der Waals surface area contributed by atoms with Crippen LogP contribution in [0.25, 0.3) is 0 Å². The van der Waals surface area contributed by atoms with Crippen molar-refractivity contribution in [3.63, 3.8) is 0 Å². The van der Waals surface area contributed by atoms with Crippen LogP contribution in [0.4, 0.5) is 4.39 Å². The van der Waals surface area contributed by atoms with E-state index in [0.717, 1.165) is 34.6 Å². The van der Waals surface area contributed by atoms with Crippen LogP contribution in [0.15, 0.2) is 45.2 Å².